The summed E-state index contributed by atoms with van der Waals surface area (Å²) in [5.74, 6) is 2.70. The first kappa shape index (κ1) is 28.6. The van der Waals surface area contributed by atoms with Crippen molar-refractivity contribution in [1.29, 1.82) is 0 Å². The van der Waals surface area contributed by atoms with E-state index in [9.17, 15) is 29.4 Å². The highest BCUT2D eigenvalue weighted by molar-refractivity contribution is 6.09. The lowest BCUT2D eigenvalue weighted by Gasteiger charge is -2.18. The zero-order valence-corrected chi connectivity index (χ0v) is 22.4. The molecule has 0 radical (unpaired) electrons. The van der Waals surface area contributed by atoms with Gasteiger partial charge in [0.1, 0.15) is 17.4 Å². The first-order chi connectivity index (χ1) is 20.6. The number of rotatable bonds is 7. The van der Waals surface area contributed by atoms with Crippen LogP contribution in [0.2, 0.25) is 0 Å². The fraction of sp³-hybridized carbons (Fsp3) is 0.0909. The molecule has 2 aliphatic rings. The second kappa shape index (κ2) is 11.9. The van der Waals surface area contributed by atoms with E-state index in [4.69, 9.17) is 15.3 Å². The van der Waals surface area contributed by atoms with Crippen LogP contribution in [0.25, 0.3) is 33.4 Å². The maximum absolute atomic E-state index is 12.9. The number of aromatic carboxylic acids is 1. The van der Waals surface area contributed by atoms with Crippen LogP contribution in [0.5, 0.6) is 5.75 Å². The van der Waals surface area contributed by atoms with Gasteiger partial charge in [0.05, 0.1) is 12.1 Å². The number of carboxylic acid groups (broad SMARTS) is 2. The molecule has 10 nitrogen and oxygen atoms in total. The summed E-state index contributed by atoms with van der Waals surface area (Å²) in [5, 5.41) is 34.1. The molecule has 0 unspecified atom stereocenters. The standard InChI is InChI=1S/C33H24N2O8/c34-27(33(41)42)14-19-5-3-18(4-6-19)2-1-13-35-31(38)20-7-10-23(26(15-20)32(39)40)30-24-11-8-21(36)16-28(24)43-29-17-22(37)9-12-25(29)30/h3-12,15-17,27,36H,13-14,34H2,(H,35,38)(H,39,40)(H,41,42)/p-1/t27-/m0/s1. The Morgan fingerprint density at radius 1 is 0.930 bits per heavy atom. The van der Waals surface area contributed by atoms with Gasteiger partial charge in [-0.05, 0) is 60.0 Å². The second-order valence-electron chi connectivity index (χ2n) is 9.69. The number of hydrogen-bond acceptors (Lipinski definition) is 7. The summed E-state index contributed by atoms with van der Waals surface area (Å²) in [4.78, 5) is 48.1. The third kappa shape index (κ3) is 6.22. The van der Waals surface area contributed by atoms with Crippen LogP contribution >= 0.6 is 0 Å². The molecule has 0 saturated carbocycles. The molecule has 0 bridgehead atoms. The number of hydrogen-bond donors (Lipinski definition) is 4. The van der Waals surface area contributed by atoms with Crippen LogP contribution < -0.4 is 21.6 Å². The number of fused-ring (bicyclic) bond motifs is 2. The third-order valence-electron chi connectivity index (χ3n) is 6.74. The van der Waals surface area contributed by atoms with Crippen molar-refractivity contribution in [2.75, 3.05) is 6.54 Å². The number of nitrogens with two attached hydrogens (primary N) is 1. The van der Waals surface area contributed by atoms with Crippen LogP contribution in [0, 0.1) is 11.8 Å². The summed E-state index contributed by atoms with van der Waals surface area (Å²) in [5.41, 5.74) is 7.97. The first-order valence-electron chi connectivity index (χ1n) is 13.0. The highest BCUT2D eigenvalue weighted by Gasteiger charge is 2.23. The summed E-state index contributed by atoms with van der Waals surface area (Å²) in [6, 6.07) is 18.4. The number of benzene rings is 4. The van der Waals surface area contributed by atoms with Gasteiger partial charge in [0, 0.05) is 33.7 Å². The lowest BCUT2D eigenvalue weighted by atomic mass is 9.90. The van der Waals surface area contributed by atoms with Crippen molar-refractivity contribution in [2.45, 2.75) is 12.5 Å². The highest BCUT2D eigenvalue weighted by atomic mass is 16.4. The molecule has 0 spiro atoms. The van der Waals surface area contributed by atoms with Crippen molar-refractivity contribution in [2.24, 2.45) is 5.73 Å². The number of aliphatic carboxylic acids is 1. The highest BCUT2D eigenvalue weighted by Crippen LogP contribution is 2.41. The van der Waals surface area contributed by atoms with E-state index in [0.717, 1.165) is 5.56 Å². The second-order valence-corrected chi connectivity index (χ2v) is 9.69. The smallest absolute Gasteiger partial charge is 0.336 e. The lowest BCUT2D eigenvalue weighted by molar-refractivity contribution is -0.268. The SMILES string of the molecule is N[C@@H](Cc1ccc(C#CCNC(=O)c2ccc(-c3c4ccc(=O)cc-4oc4cc([O-])ccc34)c(C(=O)O)c2)cc1)C(=O)O. The number of carbonyl (C=O) groups is 3. The fourth-order valence-corrected chi connectivity index (χ4v) is 4.66. The van der Waals surface area contributed by atoms with E-state index in [2.05, 4.69) is 17.2 Å². The Hall–Kier alpha value is -5.92. The molecule has 5 N–H and O–H groups in total. The van der Waals surface area contributed by atoms with Gasteiger partial charge in [-0.15, -0.1) is 5.75 Å². The average molecular weight is 576 g/mol. The first-order valence-corrected chi connectivity index (χ1v) is 13.0. The van der Waals surface area contributed by atoms with E-state index in [0.29, 0.717) is 22.1 Å². The van der Waals surface area contributed by atoms with Gasteiger partial charge >= 0.3 is 11.9 Å². The molecule has 43 heavy (non-hydrogen) atoms. The minimum absolute atomic E-state index is 0.0147. The van der Waals surface area contributed by atoms with Crippen LogP contribution in [-0.4, -0.2) is 40.6 Å². The molecule has 1 aliphatic heterocycles. The van der Waals surface area contributed by atoms with Crippen molar-refractivity contribution in [1.82, 2.24) is 5.32 Å². The average Bonchev–Trinajstić information content (AvgIpc) is 2.98. The molecule has 5 rings (SSSR count). The van der Waals surface area contributed by atoms with Crippen molar-refractivity contribution in [3.05, 3.63) is 111 Å². The molecule has 0 aromatic heterocycles. The molecule has 3 aromatic rings. The quantitative estimate of drug-likeness (QED) is 0.167. The van der Waals surface area contributed by atoms with Gasteiger partial charge in [0.15, 0.2) is 5.43 Å². The van der Waals surface area contributed by atoms with Crippen LogP contribution in [0.4, 0.5) is 0 Å². The minimum Gasteiger partial charge on any atom is -0.872 e. The molecule has 3 aromatic carbocycles. The van der Waals surface area contributed by atoms with Gasteiger partial charge in [-0.25, -0.2) is 4.79 Å². The monoisotopic (exact) mass is 575 g/mol. The summed E-state index contributed by atoms with van der Waals surface area (Å²) < 4.78 is 5.80. The van der Waals surface area contributed by atoms with E-state index < -0.39 is 23.9 Å². The Morgan fingerprint density at radius 3 is 2.40 bits per heavy atom. The van der Waals surface area contributed by atoms with Crippen LogP contribution in [0.1, 0.15) is 31.8 Å². The number of carbonyl (C=O) groups excluding carboxylic acids is 1. The molecule has 10 heteroatoms. The Kier molecular flexibility index (Phi) is 7.92. The third-order valence-corrected chi connectivity index (χ3v) is 6.74. The largest absolute Gasteiger partial charge is 0.872 e. The normalized spacial score (nSPS) is 11.5. The zero-order valence-electron chi connectivity index (χ0n) is 22.4. The van der Waals surface area contributed by atoms with Gasteiger partial charge in [-0.3, -0.25) is 14.4 Å². The van der Waals surface area contributed by atoms with Crippen molar-refractivity contribution >= 4 is 28.8 Å². The Morgan fingerprint density at radius 2 is 1.67 bits per heavy atom. The Balaban J connectivity index is 1.39. The summed E-state index contributed by atoms with van der Waals surface area (Å²) in [7, 11) is 0. The Bertz CT molecular complexity index is 1980. The summed E-state index contributed by atoms with van der Waals surface area (Å²) >= 11 is 0. The lowest BCUT2D eigenvalue weighted by Crippen LogP contribution is -2.32. The van der Waals surface area contributed by atoms with E-state index in [1.54, 1.807) is 24.3 Å². The predicted molar refractivity (Wildman–Crippen MR) is 156 cm³/mol. The molecule has 1 aliphatic carbocycles. The molecular weight excluding hydrogens is 552 g/mol. The van der Waals surface area contributed by atoms with Crippen LogP contribution in [-0.2, 0) is 11.2 Å². The van der Waals surface area contributed by atoms with E-state index >= 15 is 0 Å². The van der Waals surface area contributed by atoms with Gasteiger partial charge in [0.2, 0.25) is 0 Å². The van der Waals surface area contributed by atoms with E-state index in [1.807, 2.05) is 0 Å². The molecule has 1 atom stereocenters. The zero-order chi connectivity index (χ0) is 30.7. The maximum atomic E-state index is 12.9. The van der Waals surface area contributed by atoms with Gasteiger partial charge in [-0.1, -0.05) is 42.2 Å². The molecule has 214 valence electrons. The van der Waals surface area contributed by atoms with E-state index in [-0.39, 0.29) is 52.2 Å². The van der Waals surface area contributed by atoms with Crippen LogP contribution in [0.3, 0.4) is 0 Å². The van der Waals surface area contributed by atoms with Crippen LogP contribution in [0.15, 0.2) is 88.1 Å². The molecule has 0 fully saturated rings. The summed E-state index contributed by atoms with van der Waals surface area (Å²) in [6.45, 7) is -0.0147. The van der Waals surface area contributed by atoms with Gasteiger partial charge in [0.25, 0.3) is 5.91 Å². The van der Waals surface area contributed by atoms with Crippen molar-refractivity contribution in [3.63, 3.8) is 0 Å². The molecule has 1 amide bonds. The predicted octanol–water partition coefficient (Wildman–Crippen LogP) is 3.07. The van der Waals surface area contributed by atoms with E-state index in [1.165, 1.54) is 54.6 Å². The Labute approximate surface area is 244 Å². The topological polar surface area (TPSA) is 183 Å². The minimum atomic E-state index is -1.28. The molecule has 1 heterocycles. The summed E-state index contributed by atoms with van der Waals surface area (Å²) in [6.07, 6.45) is 0.185. The number of amides is 1. The van der Waals surface area contributed by atoms with Crippen molar-refractivity contribution < 1.29 is 34.1 Å². The maximum Gasteiger partial charge on any atom is 0.336 e. The number of carboxylic acids is 2. The number of nitrogens with one attached hydrogen (secondary N) is 1. The van der Waals surface area contributed by atoms with Gasteiger partial charge in [-0.2, -0.15) is 0 Å². The molecular formula is C33H23N2O8-. The fourth-order valence-electron chi connectivity index (χ4n) is 4.66. The molecule has 0 saturated heterocycles. The van der Waals surface area contributed by atoms with Gasteiger partial charge < -0.3 is 30.8 Å². The van der Waals surface area contributed by atoms with Crippen molar-refractivity contribution in [3.8, 4) is 40.0 Å².